The molecule has 1 aromatic carbocycles. The fraction of sp³-hybridized carbons (Fsp3) is 0.143. The molecule has 0 radical (unpaired) electrons. The summed E-state index contributed by atoms with van der Waals surface area (Å²) >= 11 is 0. The minimum Gasteiger partial charge on any atom is -0.487 e. The van der Waals surface area contributed by atoms with Gasteiger partial charge in [0.25, 0.3) is 0 Å². The number of nitrogens with zero attached hydrogens (tertiary/aromatic N) is 1. The van der Waals surface area contributed by atoms with Crippen LogP contribution in [-0.4, -0.2) is 17.9 Å². The fourth-order valence-corrected chi connectivity index (χ4v) is 1.59. The highest BCUT2D eigenvalue weighted by atomic mass is 16.5. The molecule has 0 aliphatic rings. The Morgan fingerprint density at radius 1 is 1.32 bits per heavy atom. The van der Waals surface area contributed by atoms with Gasteiger partial charge in [0.1, 0.15) is 12.4 Å². The van der Waals surface area contributed by atoms with E-state index in [1.54, 1.807) is 30.5 Å². The van der Waals surface area contributed by atoms with Crippen molar-refractivity contribution < 1.29 is 9.53 Å². The summed E-state index contributed by atoms with van der Waals surface area (Å²) in [6.07, 6.45) is 1.72. The third-order valence-corrected chi connectivity index (χ3v) is 2.63. The van der Waals surface area contributed by atoms with Gasteiger partial charge in [-0.2, -0.15) is 0 Å². The van der Waals surface area contributed by atoms with Crippen LogP contribution in [0, 0.1) is 0 Å². The van der Waals surface area contributed by atoms with Gasteiger partial charge >= 0.3 is 0 Å². The minimum atomic E-state index is -0.449. The lowest BCUT2D eigenvalue weighted by molar-refractivity contribution is 0.100. The van der Waals surface area contributed by atoms with Gasteiger partial charge in [0.15, 0.2) is 0 Å². The Balaban J connectivity index is 1.99. The number of ether oxygens (including phenoxy) is 1. The summed E-state index contributed by atoms with van der Waals surface area (Å²) in [6.45, 7) is 0.367. The quantitative estimate of drug-likeness (QED) is 0.856. The summed E-state index contributed by atoms with van der Waals surface area (Å²) in [4.78, 5) is 15.1. The van der Waals surface area contributed by atoms with Crippen LogP contribution < -0.4 is 15.8 Å². The smallest absolute Gasteiger partial charge is 0.248 e. The van der Waals surface area contributed by atoms with E-state index in [9.17, 15) is 4.79 Å². The maximum atomic E-state index is 10.9. The second-order valence-electron chi connectivity index (χ2n) is 3.96. The van der Waals surface area contributed by atoms with Gasteiger partial charge < -0.3 is 15.8 Å². The first kappa shape index (κ1) is 12.9. The van der Waals surface area contributed by atoms with E-state index in [4.69, 9.17) is 10.5 Å². The summed E-state index contributed by atoms with van der Waals surface area (Å²) in [5, 5.41) is 3.04. The van der Waals surface area contributed by atoms with Gasteiger partial charge in [-0.3, -0.25) is 9.78 Å². The molecule has 2 rings (SSSR count). The van der Waals surface area contributed by atoms with Crippen LogP contribution in [0.3, 0.4) is 0 Å². The summed E-state index contributed by atoms with van der Waals surface area (Å²) < 4.78 is 5.58. The molecule has 0 fully saturated rings. The molecule has 0 unspecified atom stereocenters. The molecule has 98 valence electrons. The SMILES string of the molecule is CNc1ccnc(COc2ccc(C(N)=O)cc2)c1. The molecule has 0 saturated heterocycles. The number of benzene rings is 1. The number of nitrogens with one attached hydrogen (secondary N) is 1. The van der Waals surface area contributed by atoms with Gasteiger partial charge in [0.2, 0.25) is 5.91 Å². The van der Waals surface area contributed by atoms with Crippen molar-refractivity contribution in [2.75, 3.05) is 12.4 Å². The van der Waals surface area contributed by atoms with Crippen molar-refractivity contribution in [3.8, 4) is 5.75 Å². The summed E-state index contributed by atoms with van der Waals surface area (Å²) in [5.41, 5.74) is 7.43. The van der Waals surface area contributed by atoms with E-state index < -0.39 is 5.91 Å². The maximum Gasteiger partial charge on any atom is 0.248 e. The van der Waals surface area contributed by atoms with Crippen LogP contribution in [0.5, 0.6) is 5.75 Å². The van der Waals surface area contributed by atoms with E-state index in [0.29, 0.717) is 17.9 Å². The highest BCUT2D eigenvalue weighted by Gasteiger charge is 2.01. The molecule has 5 nitrogen and oxygen atoms in total. The minimum absolute atomic E-state index is 0.367. The molecule has 0 atom stereocenters. The first-order valence-corrected chi connectivity index (χ1v) is 5.84. The van der Waals surface area contributed by atoms with Gasteiger partial charge in [0.05, 0.1) is 5.69 Å². The molecular weight excluding hydrogens is 242 g/mol. The molecule has 1 aromatic heterocycles. The third kappa shape index (κ3) is 3.45. The van der Waals surface area contributed by atoms with Gasteiger partial charge in [0, 0.05) is 24.5 Å². The average Bonchev–Trinajstić information content (AvgIpc) is 2.46. The van der Waals surface area contributed by atoms with Crippen molar-refractivity contribution in [2.24, 2.45) is 5.73 Å². The summed E-state index contributed by atoms with van der Waals surface area (Å²) in [7, 11) is 1.85. The Bertz CT molecular complexity index is 567. The highest BCUT2D eigenvalue weighted by Crippen LogP contribution is 2.14. The van der Waals surface area contributed by atoms with Crippen LogP contribution in [0.4, 0.5) is 5.69 Å². The fourth-order valence-electron chi connectivity index (χ4n) is 1.59. The normalized spacial score (nSPS) is 9.95. The Hall–Kier alpha value is -2.56. The van der Waals surface area contributed by atoms with Gasteiger partial charge in [-0.15, -0.1) is 0 Å². The number of pyridine rings is 1. The van der Waals surface area contributed by atoms with Crippen molar-refractivity contribution in [2.45, 2.75) is 6.61 Å². The van der Waals surface area contributed by atoms with Crippen LogP contribution in [-0.2, 0) is 6.61 Å². The number of carbonyl (C=O) groups is 1. The maximum absolute atomic E-state index is 10.9. The van der Waals surface area contributed by atoms with Crippen molar-refractivity contribution in [1.29, 1.82) is 0 Å². The number of aromatic nitrogens is 1. The van der Waals surface area contributed by atoms with Crippen molar-refractivity contribution in [1.82, 2.24) is 4.98 Å². The molecular formula is C14H15N3O2. The lowest BCUT2D eigenvalue weighted by Crippen LogP contribution is -2.10. The molecule has 0 spiro atoms. The number of carbonyl (C=O) groups excluding carboxylic acids is 1. The molecule has 1 heterocycles. The molecule has 19 heavy (non-hydrogen) atoms. The Morgan fingerprint density at radius 2 is 2.05 bits per heavy atom. The summed E-state index contributed by atoms with van der Waals surface area (Å²) in [6, 6.07) is 10.5. The van der Waals surface area contributed by atoms with Crippen LogP contribution in [0.2, 0.25) is 0 Å². The molecule has 0 saturated carbocycles. The number of primary amides is 1. The Labute approximate surface area is 111 Å². The zero-order valence-electron chi connectivity index (χ0n) is 10.6. The zero-order valence-corrected chi connectivity index (χ0v) is 10.6. The van der Waals surface area contributed by atoms with Crippen molar-refractivity contribution in [3.05, 3.63) is 53.9 Å². The Morgan fingerprint density at radius 3 is 2.68 bits per heavy atom. The first-order valence-electron chi connectivity index (χ1n) is 5.84. The Kier molecular flexibility index (Phi) is 3.97. The van der Waals surface area contributed by atoms with Crippen LogP contribution >= 0.6 is 0 Å². The van der Waals surface area contributed by atoms with Gasteiger partial charge in [-0.05, 0) is 36.4 Å². The zero-order chi connectivity index (χ0) is 13.7. The van der Waals surface area contributed by atoms with Crippen molar-refractivity contribution >= 4 is 11.6 Å². The molecule has 0 aliphatic carbocycles. The molecule has 0 bridgehead atoms. The van der Waals surface area contributed by atoms with Crippen molar-refractivity contribution in [3.63, 3.8) is 0 Å². The van der Waals surface area contributed by atoms with E-state index in [2.05, 4.69) is 10.3 Å². The highest BCUT2D eigenvalue weighted by molar-refractivity contribution is 5.92. The largest absolute Gasteiger partial charge is 0.487 e. The van der Waals surface area contributed by atoms with Crippen LogP contribution in [0.1, 0.15) is 16.1 Å². The van der Waals surface area contributed by atoms with Crippen LogP contribution in [0.25, 0.3) is 0 Å². The van der Waals surface area contributed by atoms with E-state index >= 15 is 0 Å². The number of hydrogen-bond donors (Lipinski definition) is 2. The second-order valence-corrected chi connectivity index (χ2v) is 3.96. The molecule has 3 N–H and O–H groups in total. The second kappa shape index (κ2) is 5.86. The number of anilines is 1. The molecule has 0 aliphatic heterocycles. The molecule has 1 amide bonds. The third-order valence-electron chi connectivity index (χ3n) is 2.63. The predicted molar refractivity (Wildman–Crippen MR) is 73.1 cm³/mol. The standard InChI is InChI=1S/C14H15N3O2/c1-16-11-6-7-17-12(8-11)9-19-13-4-2-10(3-5-13)14(15)18/h2-8H,9H2,1H3,(H2,15,18)(H,16,17). The predicted octanol–water partition coefficient (Wildman–Crippen LogP) is 1.80. The first-order chi connectivity index (χ1) is 9.19. The van der Waals surface area contributed by atoms with E-state index in [1.807, 2.05) is 19.2 Å². The topological polar surface area (TPSA) is 77.2 Å². The average molecular weight is 257 g/mol. The van der Waals surface area contributed by atoms with Gasteiger partial charge in [-0.25, -0.2) is 0 Å². The number of hydrogen-bond acceptors (Lipinski definition) is 4. The van der Waals surface area contributed by atoms with E-state index in [0.717, 1.165) is 11.4 Å². The summed E-state index contributed by atoms with van der Waals surface area (Å²) in [5.74, 6) is 0.219. The lowest BCUT2D eigenvalue weighted by atomic mass is 10.2. The van der Waals surface area contributed by atoms with E-state index in [-0.39, 0.29) is 0 Å². The van der Waals surface area contributed by atoms with Crippen LogP contribution in [0.15, 0.2) is 42.6 Å². The number of nitrogens with two attached hydrogens (primary N) is 1. The number of amides is 1. The van der Waals surface area contributed by atoms with E-state index in [1.165, 1.54) is 0 Å². The molecule has 5 heteroatoms. The number of rotatable bonds is 5. The monoisotopic (exact) mass is 257 g/mol. The van der Waals surface area contributed by atoms with Gasteiger partial charge in [-0.1, -0.05) is 0 Å². The molecule has 2 aromatic rings. The lowest BCUT2D eigenvalue weighted by Gasteiger charge is -2.07.